The van der Waals surface area contributed by atoms with Crippen LogP contribution in [-0.2, 0) is 4.79 Å². The van der Waals surface area contributed by atoms with Crippen LogP contribution in [0.15, 0.2) is 42.6 Å². The average Bonchev–Trinajstić information content (AvgIpc) is 2.93. The van der Waals surface area contributed by atoms with Crippen molar-refractivity contribution in [3.05, 3.63) is 59.8 Å². The van der Waals surface area contributed by atoms with E-state index >= 15 is 0 Å². The third-order valence-electron chi connectivity index (χ3n) is 4.99. The van der Waals surface area contributed by atoms with Crippen LogP contribution in [0, 0.1) is 11.6 Å². The lowest BCUT2D eigenvalue weighted by Crippen LogP contribution is -2.54. The smallest absolute Gasteiger partial charge is 0.257 e. The van der Waals surface area contributed by atoms with Gasteiger partial charge in [-0.05, 0) is 50.2 Å². The van der Waals surface area contributed by atoms with Crippen molar-refractivity contribution in [1.82, 2.24) is 5.32 Å². The zero-order valence-corrected chi connectivity index (χ0v) is 15.7. The monoisotopic (exact) mass is 384 g/mol. The molecular formula is C21H22F2N4O. The van der Waals surface area contributed by atoms with Crippen molar-refractivity contribution in [2.45, 2.75) is 25.9 Å². The molecule has 0 spiro atoms. The molecule has 146 valence electrons. The lowest BCUT2D eigenvalue weighted by atomic mass is 10.1. The van der Waals surface area contributed by atoms with Gasteiger partial charge in [0.2, 0.25) is 0 Å². The number of carbonyl (C=O) groups is 1. The minimum Gasteiger partial charge on any atom is -0.366 e. The van der Waals surface area contributed by atoms with E-state index < -0.39 is 5.82 Å². The third kappa shape index (κ3) is 3.57. The van der Waals surface area contributed by atoms with E-state index in [1.54, 1.807) is 18.2 Å². The maximum absolute atomic E-state index is 14.7. The van der Waals surface area contributed by atoms with E-state index in [-0.39, 0.29) is 23.8 Å². The number of piperazine rings is 1. The molecule has 2 atom stereocenters. The van der Waals surface area contributed by atoms with Crippen LogP contribution in [0.2, 0.25) is 0 Å². The number of amides is 1. The van der Waals surface area contributed by atoms with E-state index in [1.807, 2.05) is 4.90 Å². The summed E-state index contributed by atoms with van der Waals surface area (Å²) >= 11 is 0. The third-order valence-corrected chi connectivity index (χ3v) is 4.99. The van der Waals surface area contributed by atoms with Gasteiger partial charge in [-0.1, -0.05) is 0 Å². The van der Waals surface area contributed by atoms with Gasteiger partial charge in [-0.2, -0.15) is 0 Å². The van der Waals surface area contributed by atoms with Crippen LogP contribution in [0.25, 0.3) is 5.57 Å². The minimum atomic E-state index is -0.414. The van der Waals surface area contributed by atoms with Crippen LogP contribution in [0.4, 0.5) is 25.8 Å². The molecule has 7 heteroatoms. The summed E-state index contributed by atoms with van der Waals surface area (Å²) in [7, 11) is 0. The Morgan fingerprint density at radius 2 is 1.86 bits per heavy atom. The molecule has 2 heterocycles. The van der Waals surface area contributed by atoms with Crippen molar-refractivity contribution in [3.8, 4) is 0 Å². The van der Waals surface area contributed by atoms with Crippen molar-refractivity contribution in [2.75, 3.05) is 28.6 Å². The summed E-state index contributed by atoms with van der Waals surface area (Å²) in [4.78, 5) is 14.2. The summed E-state index contributed by atoms with van der Waals surface area (Å²) in [6.45, 7) is 5.65. The van der Waals surface area contributed by atoms with Crippen molar-refractivity contribution >= 4 is 28.5 Å². The van der Waals surface area contributed by atoms with Gasteiger partial charge in [0, 0.05) is 42.6 Å². The molecule has 4 rings (SSSR count). The summed E-state index contributed by atoms with van der Waals surface area (Å²) in [5.41, 5.74) is 2.52. The van der Waals surface area contributed by atoms with Crippen LogP contribution in [-0.4, -0.2) is 31.1 Å². The molecule has 0 radical (unpaired) electrons. The Morgan fingerprint density at radius 3 is 2.57 bits per heavy atom. The van der Waals surface area contributed by atoms with Gasteiger partial charge in [0.05, 0.1) is 16.9 Å². The predicted octanol–water partition coefficient (Wildman–Crippen LogP) is 3.56. The van der Waals surface area contributed by atoms with Crippen molar-refractivity contribution in [1.29, 1.82) is 0 Å². The summed E-state index contributed by atoms with van der Waals surface area (Å²) in [5.74, 6) is -1.06. The first kappa shape index (κ1) is 18.4. The number of nitrogens with zero attached hydrogens (tertiary/aromatic N) is 1. The summed E-state index contributed by atoms with van der Waals surface area (Å²) in [5, 5.41) is 9.03. The summed E-state index contributed by atoms with van der Waals surface area (Å²) < 4.78 is 28.0. The van der Waals surface area contributed by atoms with E-state index in [0.29, 0.717) is 28.2 Å². The number of rotatable bonds is 3. The highest BCUT2D eigenvalue weighted by molar-refractivity contribution is 6.31. The predicted molar refractivity (Wildman–Crippen MR) is 107 cm³/mol. The van der Waals surface area contributed by atoms with Gasteiger partial charge < -0.3 is 20.9 Å². The number of hydrogen-bond acceptors (Lipinski definition) is 4. The second-order valence-corrected chi connectivity index (χ2v) is 7.39. The van der Waals surface area contributed by atoms with E-state index in [9.17, 15) is 13.6 Å². The molecule has 1 fully saturated rings. The highest BCUT2D eigenvalue weighted by Crippen LogP contribution is 2.32. The fourth-order valence-electron chi connectivity index (χ4n) is 3.84. The normalized spacial score (nSPS) is 22.9. The molecule has 2 aliphatic rings. The Bertz CT molecular complexity index is 949. The van der Waals surface area contributed by atoms with Crippen LogP contribution >= 0.6 is 0 Å². The fourth-order valence-corrected chi connectivity index (χ4v) is 3.84. The number of hydrogen-bond donors (Lipinski definition) is 3. The molecule has 1 saturated heterocycles. The Morgan fingerprint density at radius 1 is 1.11 bits per heavy atom. The maximum Gasteiger partial charge on any atom is 0.257 e. The van der Waals surface area contributed by atoms with Crippen LogP contribution in [0.5, 0.6) is 0 Å². The van der Waals surface area contributed by atoms with Gasteiger partial charge in [-0.25, -0.2) is 8.78 Å². The lowest BCUT2D eigenvalue weighted by molar-refractivity contribution is -0.110. The number of fused-ring (bicyclic) bond motifs is 1. The van der Waals surface area contributed by atoms with Gasteiger partial charge >= 0.3 is 0 Å². The Labute approximate surface area is 162 Å². The first-order valence-corrected chi connectivity index (χ1v) is 9.29. The topological polar surface area (TPSA) is 56.4 Å². The maximum atomic E-state index is 14.7. The van der Waals surface area contributed by atoms with Gasteiger partial charge in [0.25, 0.3) is 5.91 Å². The molecule has 2 aliphatic heterocycles. The van der Waals surface area contributed by atoms with E-state index in [4.69, 9.17) is 0 Å². The van der Waals surface area contributed by atoms with Crippen LogP contribution in [0.1, 0.15) is 19.4 Å². The van der Waals surface area contributed by atoms with E-state index in [0.717, 1.165) is 13.1 Å². The van der Waals surface area contributed by atoms with E-state index in [1.165, 1.54) is 24.4 Å². The second kappa shape index (κ2) is 7.24. The molecule has 5 nitrogen and oxygen atoms in total. The van der Waals surface area contributed by atoms with Gasteiger partial charge in [-0.15, -0.1) is 0 Å². The number of anilines is 3. The van der Waals surface area contributed by atoms with Gasteiger partial charge in [0.15, 0.2) is 0 Å². The average molecular weight is 384 g/mol. The Hall–Kier alpha value is -2.93. The zero-order valence-electron chi connectivity index (χ0n) is 15.7. The molecular weight excluding hydrogens is 362 g/mol. The van der Waals surface area contributed by atoms with Gasteiger partial charge in [0.1, 0.15) is 11.6 Å². The number of halogens is 2. The fraction of sp³-hybridized carbons (Fsp3) is 0.286. The largest absolute Gasteiger partial charge is 0.366 e. The molecule has 28 heavy (non-hydrogen) atoms. The number of benzene rings is 2. The SMILES string of the molecule is CC1CN(c2ccc(NC=C3C(=O)Nc4cc(F)ccc43)cc2F)CC(C)N1. The molecule has 0 aromatic heterocycles. The quantitative estimate of drug-likeness (QED) is 0.709. The number of carbonyl (C=O) groups excluding carboxylic acids is 1. The summed E-state index contributed by atoms with van der Waals surface area (Å²) in [6.07, 6.45) is 1.52. The van der Waals surface area contributed by atoms with Crippen molar-refractivity contribution in [2.24, 2.45) is 0 Å². The van der Waals surface area contributed by atoms with Crippen molar-refractivity contribution < 1.29 is 13.6 Å². The van der Waals surface area contributed by atoms with Gasteiger partial charge in [-0.3, -0.25) is 4.79 Å². The first-order chi connectivity index (χ1) is 13.4. The second-order valence-electron chi connectivity index (χ2n) is 7.39. The standard InChI is InChI=1S/C21H22F2N4O/c1-12-10-27(11-13(2)25-12)20-6-4-15(8-18(20)23)24-9-17-16-5-3-14(22)7-19(16)26-21(17)28/h3-9,12-13,24-25H,10-11H2,1-2H3,(H,26,28). The Kier molecular flexibility index (Phi) is 4.77. The van der Waals surface area contributed by atoms with Crippen LogP contribution in [0.3, 0.4) is 0 Å². The molecule has 3 N–H and O–H groups in total. The number of nitrogens with one attached hydrogen (secondary N) is 3. The van der Waals surface area contributed by atoms with Crippen molar-refractivity contribution in [3.63, 3.8) is 0 Å². The highest BCUT2D eigenvalue weighted by atomic mass is 19.1. The van der Waals surface area contributed by atoms with Crippen LogP contribution < -0.4 is 20.9 Å². The van der Waals surface area contributed by atoms with E-state index in [2.05, 4.69) is 29.8 Å². The molecule has 1 amide bonds. The lowest BCUT2D eigenvalue weighted by Gasteiger charge is -2.37. The molecule has 2 aromatic carbocycles. The molecule has 0 saturated carbocycles. The highest BCUT2D eigenvalue weighted by Gasteiger charge is 2.25. The first-order valence-electron chi connectivity index (χ1n) is 9.29. The molecule has 0 aliphatic carbocycles. The molecule has 0 bridgehead atoms. The Balaban J connectivity index is 1.53. The minimum absolute atomic E-state index is 0.288. The molecule has 2 aromatic rings. The summed E-state index contributed by atoms with van der Waals surface area (Å²) in [6, 6.07) is 9.65. The molecule has 2 unspecified atom stereocenters. The zero-order chi connectivity index (χ0) is 19.8.